The normalized spacial score (nSPS) is 55.1. The van der Waals surface area contributed by atoms with Crippen LogP contribution in [0.2, 0.25) is 0 Å². The van der Waals surface area contributed by atoms with E-state index in [0.717, 1.165) is 31.3 Å². The molecule has 208 valence electrons. The molecule has 0 saturated heterocycles. The Hall–Kier alpha value is -1.44. The highest BCUT2D eigenvalue weighted by molar-refractivity contribution is 5.79. The van der Waals surface area contributed by atoms with Gasteiger partial charge in [-0.2, -0.15) is 0 Å². The molecule has 4 saturated carbocycles. The molecule has 5 rings (SSSR count). The largest absolute Gasteiger partial charge is 0.481 e. The van der Waals surface area contributed by atoms with Crippen molar-refractivity contribution in [2.45, 2.75) is 105 Å². The molecule has 0 aromatic rings. The molecule has 0 radical (unpaired) electrons. The fourth-order valence-corrected chi connectivity index (χ4v) is 10.8. The van der Waals surface area contributed by atoms with E-state index in [-0.39, 0.29) is 40.6 Å². The molecule has 7 heteroatoms. The number of carboxylic acid groups (broad SMARTS) is 2. The minimum absolute atomic E-state index is 0.0618. The number of hydrogen-bond acceptors (Lipinski definition) is 5. The van der Waals surface area contributed by atoms with Crippen molar-refractivity contribution in [3.05, 3.63) is 11.6 Å². The Balaban J connectivity index is 1.61. The maximum atomic E-state index is 12.8. The Morgan fingerprint density at radius 1 is 0.892 bits per heavy atom. The number of allylic oxidation sites excluding steroid dienone is 2. The minimum Gasteiger partial charge on any atom is -0.481 e. The van der Waals surface area contributed by atoms with Crippen LogP contribution in [0.4, 0.5) is 0 Å². The Labute approximate surface area is 220 Å². The summed E-state index contributed by atoms with van der Waals surface area (Å²) in [6, 6.07) is 0. The fraction of sp³-hybridized carbons (Fsp3) is 0.867. The van der Waals surface area contributed by atoms with E-state index < -0.39 is 40.4 Å². The quantitative estimate of drug-likeness (QED) is 0.353. The van der Waals surface area contributed by atoms with Gasteiger partial charge in [0, 0.05) is 5.41 Å². The summed E-state index contributed by atoms with van der Waals surface area (Å²) in [5.74, 6) is -1.67. The monoisotopic (exact) mass is 518 g/mol. The number of aliphatic hydroxyl groups is 3. The molecular weight excluding hydrogens is 472 g/mol. The van der Waals surface area contributed by atoms with Gasteiger partial charge in [-0.05, 0) is 98.7 Å². The van der Waals surface area contributed by atoms with Gasteiger partial charge in [0.1, 0.15) is 0 Å². The van der Waals surface area contributed by atoms with Crippen LogP contribution in [0.3, 0.4) is 0 Å². The molecule has 0 aliphatic heterocycles. The summed E-state index contributed by atoms with van der Waals surface area (Å²) in [6.07, 6.45) is 5.76. The third-order valence-corrected chi connectivity index (χ3v) is 13.4. The van der Waals surface area contributed by atoms with Crippen molar-refractivity contribution in [1.29, 1.82) is 0 Å². The van der Waals surface area contributed by atoms with Crippen LogP contribution in [-0.2, 0) is 9.59 Å². The van der Waals surface area contributed by atoms with Crippen molar-refractivity contribution < 1.29 is 35.1 Å². The lowest BCUT2D eigenvalue weighted by molar-refractivity contribution is -0.243. The topological polar surface area (TPSA) is 135 Å². The average molecular weight is 519 g/mol. The molecule has 4 fully saturated rings. The zero-order chi connectivity index (χ0) is 27.4. The number of aliphatic hydroxyl groups excluding tert-OH is 3. The highest BCUT2D eigenvalue weighted by Crippen LogP contribution is 2.75. The molecule has 0 aromatic heterocycles. The molecule has 0 heterocycles. The van der Waals surface area contributed by atoms with Crippen molar-refractivity contribution in [2.24, 2.45) is 50.2 Å². The van der Waals surface area contributed by atoms with Gasteiger partial charge < -0.3 is 25.5 Å². The van der Waals surface area contributed by atoms with E-state index in [0.29, 0.717) is 32.1 Å². The summed E-state index contributed by atoms with van der Waals surface area (Å²) in [5.41, 5.74) is -2.21. The van der Waals surface area contributed by atoms with Crippen LogP contribution in [0.1, 0.15) is 92.4 Å². The SMILES string of the molecule is CC12CC[C@@]3(C(=O)O)CC[C@](C)(C(=O)O)C[C@H]3C1=CCC1[C@@]3(C)C[C@H](O)[C@H](O)[C@@](C)(CO)C3CC[C@]12C. The maximum absolute atomic E-state index is 12.8. The molecular formula is C30H46O7. The first kappa shape index (κ1) is 27.1. The van der Waals surface area contributed by atoms with Crippen LogP contribution in [0.15, 0.2) is 11.6 Å². The van der Waals surface area contributed by atoms with Gasteiger partial charge in [0.15, 0.2) is 0 Å². The van der Waals surface area contributed by atoms with Gasteiger partial charge in [0.2, 0.25) is 0 Å². The molecule has 0 aromatic carbocycles. The van der Waals surface area contributed by atoms with Crippen molar-refractivity contribution >= 4 is 11.9 Å². The Morgan fingerprint density at radius 3 is 2.14 bits per heavy atom. The van der Waals surface area contributed by atoms with Crippen molar-refractivity contribution in [3.8, 4) is 0 Å². The van der Waals surface area contributed by atoms with E-state index in [9.17, 15) is 35.1 Å². The van der Waals surface area contributed by atoms with Gasteiger partial charge in [-0.3, -0.25) is 9.59 Å². The Bertz CT molecular complexity index is 1040. The number of carboxylic acids is 2. The first-order chi connectivity index (χ1) is 17.1. The zero-order valence-electron chi connectivity index (χ0n) is 23.1. The van der Waals surface area contributed by atoms with E-state index in [4.69, 9.17) is 0 Å². The molecule has 0 spiro atoms. The fourth-order valence-electron chi connectivity index (χ4n) is 10.8. The van der Waals surface area contributed by atoms with Crippen LogP contribution in [-0.4, -0.2) is 56.3 Å². The van der Waals surface area contributed by atoms with Crippen LogP contribution in [0.25, 0.3) is 0 Å². The molecule has 11 atom stereocenters. The number of fused-ring (bicyclic) bond motifs is 7. The van der Waals surface area contributed by atoms with Crippen LogP contribution in [0, 0.1) is 50.2 Å². The van der Waals surface area contributed by atoms with E-state index in [1.807, 2.05) is 6.92 Å². The molecule has 0 bridgehead atoms. The maximum Gasteiger partial charge on any atom is 0.310 e. The van der Waals surface area contributed by atoms with Gasteiger partial charge in [-0.15, -0.1) is 0 Å². The van der Waals surface area contributed by atoms with Gasteiger partial charge in [0.25, 0.3) is 0 Å². The molecule has 5 aliphatic rings. The Morgan fingerprint density at radius 2 is 1.54 bits per heavy atom. The standard InChI is InChI=1S/C30H46O7/c1-25(23(34)35)10-12-30(24(36)37)13-11-28(4)17(18(30)14-25)6-7-21-26(2)15-19(32)22(33)27(3,16-31)20(26)8-9-29(21,28)5/h6,18-22,31-33H,7-16H2,1-5H3,(H,34,35)(H,36,37)/t18-,19-,20?,21?,22-,25-,26-,27-,28?,29+,30-/m0/s1. The van der Waals surface area contributed by atoms with Gasteiger partial charge in [0.05, 0.1) is 29.6 Å². The molecule has 3 unspecified atom stereocenters. The molecule has 37 heavy (non-hydrogen) atoms. The second-order valence-electron chi connectivity index (χ2n) is 14.8. The highest BCUT2D eigenvalue weighted by atomic mass is 16.4. The van der Waals surface area contributed by atoms with E-state index in [1.165, 1.54) is 0 Å². The zero-order valence-corrected chi connectivity index (χ0v) is 23.1. The number of hydrogen-bond donors (Lipinski definition) is 5. The predicted octanol–water partition coefficient (Wildman–Crippen LogP) is 4.24. The smallest absolute Gasteiger partial charge is 0.310 e. The van der Waals surface area contributed by atoms with E-state index in [1.54, 1.807) is 6.92 Å². The van der Waals surface area contributed by atoms with Crippen LogP contribution >= 0.6 is 0 Å². The summed E-state index contributed by atoms with van der Waals surface area (Å²) in [4.78, 5) is 25.1. The van der Waals surface area contributed by atoms with E-state index >= 15 is 0 Å². The third-order valence-electron chi connectivity index (χ3n) is 13.4. The minimum atomic E-state index is -0.966. The van der Waals surface area contributed by atoms with Crippen molar-refractivity contribution in [2.75, 3.05) is 6.61 Å². The number of aliphatic carboxylic acids is 2. The van der Waals surface area contributed by atoms with Crippen molar-refractivity contribution in [3.63, 3.8) is 0 Å². The summed E-state index contributed by atoms with van der Waals surface area (Å²) in [7, 11) is 0. The second-order valence-corrected chi connectivity index (χ2v) is 14.8. The number of rotatable bonds is 3. The van der Waals surface area contributed by atoms with Gasteiger partial charge >= 0.3 is 11.9 Å². The predicted molar refractivity (Wildman–Crippen MR) is 137 cm³/mol. The van der Waals surface area contributed by atoms with Crippen molar-refractivity contribution in [1.82, 2.24) is 0 Å². The van der Waals surface area contributed by atoms with E-state index in [2.05, 4.69) is 26.8 Å². The van der Waals surface area contributed by atoms with Crippen LogP contribution < -0.4 is 0 Å². The average Bonchev–Trinajstić information content (AvgIpc) is 2.82. The summed E-state index contributed by atoms with van der Waals surface area (Å²) < 4.78 is 0. The lowest BCUT2D eigenvalue weighted by atomic mass is 9.33. The molecule has 0 amide bonds. The van der Waals surface area contributed by atoms with Gasteiger partial charge in [-0.1, -0.05) is 39.3 Å². The first-order valence-corrected chi connectivity index (χ1v) is 14.2. The molecule has 7 nitrogen and oxygen atoms in total. The number of carbonyl (C=O) groups is 2. The lowest BCUT2D eigenvalue weighted by Crippen LogP contribution is -2.68. The lowest BCUT2D eigenvalue weighted by Gasteiger charge is -2.71. The summed E-state index contributed by atoms with van der Waals surface area (Å²) in [6.45, 7) is 10.4. The third kappa shape index (κ3) is 3.17. The molecule has 5 N–H and O–H groups in total. The van der Waals surface area contributed by atoms with Gasteiger partial charge in [-0.25, -0.2) is 0 Å². The molecule has 5 aliphatic carbocycles. The highest BCUT2D eigenvalue weighted by Gasteiger charge is 2.71. The Kier molecular flexibility index (Phi) is 5.90. The second kappa shape index (κ2) is 8.04. The summed E-state index contributed by atoms with van der Waals surface area (Å²) >= 11 is 0. The first-order valence-electron chi connectivity index (χ1n) is 14.2. The van der Waals surface area contributed by atoms with Crippen LogP contribution in [0.5, 0.6) is 0 Å². The summed E-state index contributed by atoms with van der Waals surface area (Å²) in [5, 5.41) is 52.9.